The Balaban J connectivity index is 2.44. The molecule has 72 valence electrons. The second-order valence-electron chi connectivity index (χ2n) is 3.87. The van der Waals surface area contributed by atoms with Crippen LogP contribution < -0.4 is 5.73 Å². The molecule has 2 N–H and O–H groups in total. The number of benzene rings is 1. The zero-order chi connectivity index (χ0) is 9.68. The van der Waals surface area contributed by atoms with Gasteiger partial charge in [0.05, 0.1) is 0 Å². The molecule has 0 amide bonds. The molecular formula is C12H19N. The Bertz CT molecular complexity index is 228. The number of hydrogen-bond donors (Lipinski definition) is 1. The number of hydrogen-bond acceptors (Lipinski definition) is 1. The third-order valence-corrected chi connectivity index (χ3v) is 2.42. The van der Waals surface area contributed by atoms with Gasteiger partial charge in [-0.05, 0) is 31.2 Å². The van der Waals surface area contributed by atoms with Crippen LogP contribution in [0.4, 0.5) is 0 Å². The fourth-order valence-electron chi connectivity index (χ4n) is 1.46. The summed E-state index contributed by atoms with van der Waals surface area (Å²) in [7, 11) is 0. The minimum Gasteiger partial charge on any atom is -0.328 e. The summed E-state index contributed by atoms with van der Waals surface area (Å²) < 4.78 is 0. The topological polar surface area (TPSA) is 26.0 Å². The quantitative estimate of drug-likeness (QED) is 0.752. The minimum atomic E-state index is 0.325. The summed E-state index contributed by atoms with van der Waals surface area (Å²) in [4.78, 5) is 0. The zero-order valence-corrected chi connectivity index (χ0v) is 8.53. The molecule has 0 saturated carbocycles. The lowest BCUT2D eigenvalue weighted by atomic mass is 9.95. The average Bonchev–Trinajstić information content (AvgIpc) is 2.15. The van der Waals surface area contributed by atoms with Crippen molar-refractivity contribution in [3.05, 3.63) is 35.9 Å². The smallest absolute Gasteiger partial charge is 0.00106 e. The van der Waals surface area contributed by atoms with Crippen molar-refractivity contribution < 1.29 is 0 Å². The van der Waals surface area contributed by atoms with Crippen LogP contribution in [0.1, 0.15) is 38.2 Å². The molecule has 0 bridgehead atoms. The van der Waals surface area contributed by atoms with E-state index in [0.717, 1.165) is 6.42 Å². The monoisotopic (exact) mass is 177 g/mol. The molecule has 13 heavy (non-hydrogen) atoms. The van der Waals surface area contributed by atoms with Gasteiger partial charge in [0.15, 0.2) is 0 Å². The van der Waals surface area contributed by atoms with Crippen molar-refractivity contribution in [3.8, 4) is 0 Å². The molecule has 0 radical (unpaired) electrons. The van der Waals surface area contributed by atoms with Gasteiger partial charge in [-0.3, -0.25) is 0 Å². The van der Waals surface area contributed by atoms with E-state index in [1.807, 2.05) is 0 Å². The highest BCUT2D eigenvalue weighted by molar-refractivity contribution is 5.18. The fourth-order valence-corrected chi connectivity index (χ4v) is 1.46. The molecule has 0 spiro atoms. The van der Waals surface area contributed by atoms with Crippen LogP contribution in [0, 0.1) is 0 Å². The molecule has 0 fully saturated rings. The van der Waals surface area contributed by atoms with Gasteiger partial charge >= 0.3 is 0 Å². The van der Waals surface area contributed by atoms with Crippen molar-refractivity contribution >= 4 is 0 Å². The molecule has 1 unspecified atom stereocenters. The summed E-state index contributed by atoms with van der Waals surface area (Å²) in [6, 6.07) is 10.9. The van der Waals surface area contributed by atoms with Crippen molar-refractivity contribution in [2.45, 2.75) is 38.6 Å². The van der Waals surface area contributed by atoms with Crippen LogP contribution in [0.25, 0.3) is 0 Å². The maximum Gasteiger partial charge on any atom is 0.00106 e. The molecule has 1 aromatic rings. The predicted molar refractivity (Wildman–Crippen MR) is 57.7 cm³/mol. The van der Waals surface area contributed by atoms with Crippen molar-refractivity contribution in [2.75, 3.05) is 0 Å². The molecular weight excluding hydrogens is 158 g/mol. The highest BCUT2D eigenvalue weighted by Crippen LogP contribution is 2.20. The fraction of sp³-hybridized carbons (Fsp3) is 0.500. The van der Waals surface area contributed by atoms with Gasteiger partial charge in [0.25, 0.3) is 0 Å². The molecule has 1 heteroatoms. The second kappa shape index (κ2) is 5.03. The molecule has 1 nitrogen and oxygen atoms in total. The van der Waals surface area contributed by atoms with Crippen LogP contribution in [0.2, 0.25) is 0 Å². The Morgan fingerprint density at radius 3 is 2.23 bits per heavy atom. The molecule has 1 rings (SSSR count). The molecule has 1 aromatic carbocycles. The highest BCUT2D eigenvalue weighted by Gasteiger charge is 2.05. The third kappa shape index (κ3) is 3.60. The van der Waals surface area contributed by atoms with E-state index in [-0.39, 0.29) is 0 Å². The van der Waals surface area contributed by atoms with E-state index in [0.29, 0.717) is 12.0 Å². The van der Waals surface area contributed by atoms with Gasteiger partial charge in [-0.25, -0.2) is 0 Å². The Morgan fingerprint density at radius 2 is 1.69 bits per heavy atom. The van der Waals surface area contributed by atoms with Crippen LogP contribution in [0.3, 0.4) is 0 Å². The van der Waals surface area contributed by atoms with E-state index < -0.39 is 0 Å². The lowest BCUT2D eigenvalue weighted by molar-refractivity contribution is 0.569. The van der Waals surface area contributed by atoms with Crippen LogP contribution in [-0.2, 0) is 0 Å². The summed E-state index contributed by atoms with van der Waals surface area (Å²) in [6.07, 6.45) is 2.29. The summed E-state index contributed by atoms with van der Waals surface area (Å²) in [6.45, 7) is 4.33. The van der Waals surface area contributed by atoms with Gasteiger partial charge in [-0.15, -0.1) is 0 Å². The summed E-state index contributed by atoms with van der Waals surface area (Å²) >= 11 is 0. The lowest BCUT2D eigenvalue weighted by Gasteiger charge is -2.12. The first-order valence-electron chi connectivity index (χ1n) is 5.00. The maximum absolute atomic E-state index is 5.72. The summed E-state index contributed by atoms with van der Waals surface area (Å²) in [5, 5.41) is 0. The zero-order valence-electron chi connectivity index (χ0n) is 8.53. The van der Waals surface area contributed by atoms with Crippen LogP contribution in [0.5, 0.6) is 0 Å². The first-order valence-corrected chi connectivity index (χ1v) is 5.00. The van der Waals surface area contributed by atoms with Crippen LogP contribution >= 0.6 is 0 Å². The standard InChI is InChI=1S/C12H19N/c1-10(8-9-11(2)13)12-6-4-3-5-7-12/h3-7,10-11H,8-9,13H2,1-2H3/t10?,11-/m1/s1. The first-order chi connectivity index (χ1) is 6.20. The van der Waals surface area contributed by atoms with Crippen molar-refractivity contribution in [1.82, 2.24) is 0 Å². The van der Waals surface area contributed by atoms with E-state index in [9.17, 15) is 0 Å². The van der Waals surface area contributed by atoms with E-state index >= 15 is 0 Å². The molecule has 0 aromatic heterocycles. The van der Waals surface area contributed by atoms with Crippen molar-refractivity contribution in [3.63, 3.8) is 0 Å². The van der Waals surface area contributed by atoms with Gasteiger partial charge < -0.3 is 5.73 Å². The lowest BCUT2D eigenvalue weighted by Crippen LogP contribution is -2.15. The molecule has 0 aliphatic heterocycles. The van der Waals surface area contributed by atoms with Crippen molar-refractivity contribution in [1.29, 1.82) is 0 Å². The summed E-state index contributed by atoms with van der Waals surface area (Å²) in [5.74, 6) is 0.632. The molecule has 0 aliphatic carbocycles. The van der Waals surface area contributed by atoms with Crippen molar-refractivity contribution in [2.24, 2.45) is 5.73 Å². The Morgan fingerprint density at radius 1 is 1.08 bits per heavy atom. The van der Waals surface area contributed by atoms with Gasteiger partial charge in [0, 0.05) is 6.04 Å². The van der Waals surface area contributed by atoms with E-state index in [1.165, 1.54) is 12.0 Å². The SMILES string of the molecule is CC(CC[C@@H](C)N)c1ccccc1. The normalized spacial score (nSPS) is 15.3. The Labute approximate surface area is 81.0 Å². The van der Waals surface area contributed by atoms with Crippen LogP contribution in [0.15, 0.2) is 30.3 Å². The number of rotatable bonds is 4. The number of nitrogens with two attached hydrogens (primary N) is 1. The molecule has 0 heterocycles. The molecule has 0 saturated heterocycles. The third-order valence-electron chi connectivity index (χ3n) is 2.42. The maximum atomic E-state index is 5.72. The predicted octanol–water partition coefficient (Wildman–Crippen LogP) is 2.92. The highest BCUT2D eigenvalue weighted by atomic mass is 14.6. The molecule has 0 aliphatic rings. The largest absolute Gasteiger partial charge is 0.328 e. The molecule has 2 atom stereocenters. The average molecular weight is 177 g/mol. The second-order valence-corrected chi connectivity index (χ2v) is 3.87. The Hall–Kier alpha value is -0.820. The van der Waals surface area contributed by atoms with E-state index in [4.69, 9.17) is 5.73 Å². The van der Waals surface area contributed by atoms with Crippen LogP contribution in [-0.4, -0.2) is 6.04 Å². The summed E-state index contributed by atoms with van der Waals surface area (Å²) in [5.41, 5.74) is 7.14. The van der Waals surface area contributed by atoms with Gasteiger partial charge in [-0.1, -0.05) is 37.3 Å². The van der Waals surface area contributed by atoms with Gasteiger partial charge in [0.2, 0.25) is 0 Å². The first kappa shape index (κ1) is 10.3. The Kier molecular flexibility index (Phi) is 3.97. The van der Waals surface area contributed by atoms with Gasteiger partial charge in [0.1, 0.15) is 0 Å². The van der Waals surface area contributed by atoms with Gasteiger partial charge in [-0.2, -0.15) is 0 Å². The van der Waals surface area contributed by atoms with E-state index in [2.05, 4.69) is 44.2 Å². The minimum absolute atomic E-state index is 0.325. The van der Waals surface area contributed by atoms with E-state index in [1.54, 1.807) is 0 Å².